The number of imidazole rings is 1. The summed E-state index contributed by atoms with van der Waals surface area (Å²) in [5, 5.41) is 4.95. The van der Waals surface area contributed by atoms with Gasteiger partial charge in [-0.25, -0.2) is 18.9 Å². The fourth-order valence-corrected chi connectivity index (χ4v) is 3.80. The van der Waals surface area contributed by atoms with Crippen molar-refractivity contribution < 1.29 is 4.39 Å². The van der Waals surface area contributed by atoms with Gasteiger partial charge in [-0.1, -0.05) is 11.6 Å². The van der Waals surface area contributed by atoms with Crippen molar-refractivity contribution in [2.75, 3.05) is 17.2 Å². The lowest BCUT2D eigenvalue weighted by molar-refractivity contribution is 0.615. The standard InChI is InChI=1S/C18H15ClFN7/c19-16-7-15(11(21)8-22-16)26-5-3-12-17(24-9-23-12)18(26)13-6-14-10(20)2-1-4-27(14)25-13/h1-2,4,6-9,18H,3,5,21H2,(H,23,24)/t18-/m0/s1. The summed E-state index contributed by atoms with van der Waals surface area (Å²) in [5.74, 6) is -0.327. The molecule has 4 aromatic rings. The monoisotopic (exact) mass is 383 g/mol. The Morgan fingerprint density at radius 3 is 3.04 bits per heavy atom. The van der Waals surface area contributed by atoms with E-state index < -0.39 is 0 Å². The third kappa shape index (κ3) is 2.52. The van der Waals surface area contributed by atoms with Crippen molar-refractivity contribution in [2.45, 2.75) is 12.5 Å². The average Bonchev–Trinajstić information content (AvgIpc) is 3.30. The number of hydrogen-bond donors (Lipinski definition) is 2. The summed E-state index contributed by atoms with van der Waals surface area (Å²) in [7, 11) is 0. The number of anilines is 2. The van der Waals surface area contributed by atoms with Crippen LogP contribution in [-0.2, 0) is 6.42 Å². The Hall–Kier alpha value is -3.13. The maximum Gasteiger partial charge on any atom is 0.148 e. The third-order valence-corrected chi connectivity index (χ3v) is 5.07. The number of H-pyrrole nitrogens is 1. The van der Waals surface area contributed by atoms with Gasteiger partial charge in [-0.3, -0.25) is 0 Å². The van der Waals surface area contributed by atoms with Gasteiger partial charge in [0.05, 0.1) is 35.3 Å². The number of fused-ring (bicyclic) bond motifs is 2. The molecule has 136 valence electrons. The van der Waals surface area contributed by atoms with E-state index in [9.17, 15) is 4.39 Å². The summed E-state index contributed by atoms with van der Waals surface area (Å²) in [6.07, 6.45) is 5.70. The predicted molar refractivity (Wildman–Crippen MR) is 100 cm³/mol. The van der Waals surface area contributed by atoms with Crippen molar-refractivity contribution in [3.8, 4) is 0 Å². The number of hydrogen-bond acceptors (Lipinski definition) is 5. The number of pyridine rings is 2. The lowest BCUT2D eigenvalue weighted by Crippen LogP contribution is -2.37. The number of nitrogens with one attached hydrogen (secondary N) is 1. The zero-order valence-electron chi connectivity index (χ0n) is 14.1. The first-order valence-corrected chi connectivity index (χ1v) is 8.83. The van der Waals surface area contributed by atoms with Gasteiger partial charge in [0.1, 0.15) is 22.5 Å². The molecule has 0 aliphatic carbocycles. The molecule has 0 saturated heterocycles. The van der Waals surface area contributed by atoms with E-state index in [2.05, 4.69) is 25.0 Å². The van der Waals surface area contributed by atoms with E-state index in [0.717, 1.165) is 23.5 Å². The van der Waals surface area contributed by atoms with E-state index in [4.69, 9.17) is 17.3 Å². The molecule has 0 spiro atoms. The molecule has 0 bridgehead atoms. The third-order valence-electron chi connectivity index (χ3n) is 4.86. The molecule has 1 aliphatic rings. The van der Waals surface area contributed by atoms with Crippen LogP contribution >= 0.6 is 11.6 Å². The van der Waals surface area contributed by atoms with Gasteiger partial charge in [-0.05, 0) is 18.2 Å². The highest BCUT2D eigenvalue weighted by molar-refractivity contribution is 6.29. The average molecular weight is 384 g/mol. The molecule has 0 amide bonds. The molecule has 9 heteroatoms. The van der Waals surface area contributed by atoms with Crippen molar-refractivity contribution in [1.82, 2.24) is 24.6 Å². The molecular weight excluding hydrogens is 369 g/mol. The smallest absolute Gasteiger partial charge is 0.148 e. The molecule has 0 radical (unpaired) electrons. The number of halogens is 2. The van der Waals surface area contributed by atoms with Crippen LogP contribution in [0.25, 0.3) is 5.52 Å². The summed E-state index contributed by atoms with van der Waals surface area (Å²) < 4.78 is 15.7. The van der Waals surface area contributed by atoms with Gasteiger partial charge in [0.2, 0.25) is 0 Å². The zero-order valence-corrected chi connectivity index (χ0v) is 14.9. The second-order valence-corrected chi connectivity index (χ2v) is 6.82. The summed E-state index contributed by atoms with van der Waals surface area (Å²) in [6, 6.07) is 6.20. The van der Waals surface area contributed by atoms with Crippen molar-refractivity contribution in [3.63, 3.8) is 0 Å². The minimum Gasteiger partial charge on any atom is -0.396 e. The highest BCUT2D eigenvalue weighted by atomic mass is 35.5. The van der Waals surface area contributed by atoms with E-state index in [1.165, 1.54) is 16.8 Å². The Kier molecular flexibility index (Phi) is 3.54. The maximum atomic E-state index is 14.2. The SMILES string of the molecule is Nc1cnc(Cl)cc1N1CCc2[nH]cnc2[C@@H]1c1cc2c(F)cccn2n1. The van der Waals surface area contributed by atoms with Gasteiger partial charge in [-0.15, -0.1) is 0 Å². The minimum atomic E-state index is -0.327. The normalized spacial score (nSPS) is 16.7. The first kappa shape index (κ1) is 16.1. The minimum absolute atomic E-state index is 0.319. The summed E-state index contributed by atoms with van der Waals surface area (Å²) in [4.78, 5) is 13.8. The van der Waals surface area contributed by atoms with Crippen LogP contribution in [0.3, 0.4) is 0 Å². The molecule has 0 aromatic carbocycles. The molecule has 1 atom stereocenters. The number of nitrogen functional groups attached to an aromatic ring is 1. The molecule has 27 heavy (non-hydrogen) atoms. The van der Waals surface area contributed by atoms with Crippen LogP contribution < -0.4 is 10.6 Å². The van der Waals surface area contributed by atoms with Crippen molar-refractivity contribution in [1.29, 1.82) is 0 Å². The quantitative estimate of drug-likeness (QED) is 0.519. The largest absolute Gasteiger partial charge is 0.396 e. The number of rotatable bonds is 2. The Labute approximate surface area is 158 Å². The van der Waals surface area contributed by atoms with Gasteiger partial charge in [0.25, 0.3) is 0 Å². The van der Waals surface area contributed by atoms with E-state index in [1.807, 2.05) is 0 Å². The van der Waals surface area contributed by atoms with Crippen LogP contribution in [0.1, 0.15) is 23.1 Å². The zero-order chi connectivity index (χ0) is 18.5. The van der Waals surface area contributed by atoms with Gasteiger partial charge in [0, 0.05) is 30.9 Å². The van der Waals surface area contributed by atoms with E-state index >= 15 is 0 Å². The highest BCUT2D eigenvalue weighted by Gasteiger charge is 2.34. The molecular formula is C18H15ClFN7. The molecule has 0 unspecified atom stereocenters. The second-order valence-electron chi connectivity index (χ2n) is 6.43. The van der Waals surface area contributed by atoms with Gasteiger partial charge < -0.3 is 15.6 Å². The van der Waals surface area contributed by atoms with Crippen molar-refractivity contribution >= 4 is 28.5 Å². The summed E-state index contributed by atoms with van der Waals surface area (Å²) >= 11 is 6.11. The molecule has 4 aromatic heterocycles. The van der Waals surface area contributed by atoms with Gasteiger partial charge in [-0.2, -0.15) is 5.10 Å². The fourth-order valence-electron chi connectivity index (χ4n) is 3.65. The van der Waals surface area contributed by atoms with Crippen LogP contribution in [0, 0.1) is 5.82 Å². The molecule has 5 heterocycles. The lowest BCUT2D eigenvalue weighted by atomic mass is 9.98. The van der Waals surface area contributed by atoms with E-state index in [1.54, 1.807) is 30.7 Å². The number of aromatic amines is 1. The first-order chi connectivity index (χ1) is 13.1. The Morgan fingerprint density at radius 1 is 1.30 bits per heavy atom. The topological polar surface area (TPSA) is 88.1 Å². The molecule has 0 fully saturated rings. The summed E-state index contributed by atoms with van der Waals surface area (Å²) in [5.41, 5.74) is 10.4. The molecule has 5 rings (SSSR count). The van der Waals surface area contributed by atoms with Gasteiger partial charge >= 0.3 is 0 Å². The molecule has 1 aliphatic heterocycles. The fraction of sp³-hybridized carbons (Fsp3) is 0.167. The van der Waals surface area contributed by atoms with Crippen LogP contribution in [-0.4, -0.2) is 31.1 Å². The second kappa shape index (κ2) is 5.95. The lowest BCUT2D eigenvalue weighted by Gasteiger charge is -2.36. The highest BCUT2D eigenvalue weighted by Crippen LogP contribution is 2.39. The number of aromatic nitrogens is 5. The van der Waals surface area contributed by atoms with Crippen molar-refractivity contribution in [2.24, 2.45) is 0 Å². The number of nitrogens with two attached hydrogens (primary N) is 1. The predicted octanol–water partition coefficient (Wildman–Crippen LogP) is 2.98. The summed E-state index contributed by atoms with van der Waals surface area (Å²) in [6.45, 7) is 0.681. The van der Waals surface area contributed by atoms with Crippen LogP contribution in [0.2, 0.25) is 5.15 Å². The van der Waals surface area contributed by atoms with Crippen LogP contribution in [0.5, 0.6) is 0 Å². The van der Waals surface area contributed by atoms with Crippen molar-refractivity contribution in [3.05, 3.63) is 71.0 Å². The molecule has 7 nitrogen and oxygen atoms in total. The van der Waals surface area contributed by atoms with Crippen LogP contribution in [0.4, 0.5) is 15.8 Å². The molecule has 0 saturated carbocycles. The Bertz CT molecular complexity index is 1150. The number of nitrogens with zero attached hydrogens (tertiary/aromatic N) is 5. The van der Waals surface area contributed by atoms with Gasteiger partial charge in [0.15, 0.2) is 0 Å². The van der Waals surface area contributed by atoms with Crippen LogP contribution in [0.15, 0.2) is 43.0 Å². The van der Waals surface area contributed by atoms with E-state index in [-0.39, 0.29) is 11.9 Å². The maximum absolute atomic E-state index is 14.2. The Balaban J connectivity index is 1.71. The van der Waals surface area contributed by atoms with E-state index in [0.29, 0.717) is 28.6 Å². The molecule has 3 N–H and O–H groups in total. The Morgan fingerprint density at radius 2 is 2.19 bits per heavy atom. The first-order valence-electron chi connectivity index (χ1n) is 8.45.